The summed E-state index contributed by atoms with van der Waals surface area (Å²) < 4.78 is 16.5. The van der Waals surface area contributed by atoms with Crippen molar-refractivity contribution in [2.24, 2.45) is 0 Å². The number of pyridine rings is 1. The first-order chi connectivity index (χ1) is 11.3. The number of methoxy groups -OCH3 is 1. The molecule has 0 saturated carbocycles. The molecule has 0 spiro atoms. The molecule has 1 aliphatic rings. The van der Waals surface area contributed by atoms with Crippen LogP contribution >= 0.6 is 0 Å². The highest BCUT2D eigenvalue weighted by Gasteiger charge is 2.15. The minimum atomic E-state index is 0.281. The van der Waals surface area contributed by atoms with E-state index in [9.17, 15) is 0 Å². The van der Waals surface area contributed by atoms with Crippen LogP contribution < -0.4 is 10.1 Å². The van der Waals surface area contributed by atoms with Crippen molar-refractivity contribution in [3.05, 3.63) is 30.0 Å². The quantitative estimate of drug-likeness (QED) is 0.795. The van der Waals surface area contributed by atoms with Gasteiger partial charge < -0.3 is 19.5 Å². The standard InChI is InChI=1S/C18H24N2O3/c1-13-11-16(15-5-3-6-17(21-2)18(15)20-13)19-8-4-9-23-14-7-10-22-12-14/h3,5-6,11,14H,4,7-10,12H2,1-2H3,(H,19,20). The van der Waals surface area contributed by atoms with Gasteiger partial charge in [0.2, 0.25) is 0 Å². The Kier molecular flexibility index (Phi) is 5.31. The summed E-state index contributed by atoms with van der Waals surface area (Å²) in [4.78, 5) is 4.60. The van der Waals surface area contributed by atoms with Crippen LogP contribution in [0.1, 0.15) is 18.5 Å². The molecule has 3 rings (SSSR count). The monoisotopic (exact) mass is 316 g/mol. The maximum atomic E-state index is 5.79. The van der Waals surface area contributed by atoms with Gasteiger partial charge in [-0.3, -0.25) is 0 Å². The molecule has 1 aromatic heterocycles. The highest BCUT2D eigenvalue weighted by atomic mass is 16.5. The highest BCUT2D eigenvalue weighted by Crippen LogP contribution is 2.29. The van der Waals surface area contributed by atoms with E-state index < -0.39 is 0 Å². The van der Waals surface area contributed by atoms with Gasteiger partial charge >= 0.3 is 0 Å². The van der Waals surface area contributed by atoms with E-state index in [0.717, 1.165) is 67.2 Å². The van der Waals surface area contributed by atoms with Crippen LogP contribution in [0.5, 0.6) is 5.75 Å². The Morgan fingerprint density at radius 3 is 3.09 bits per heavy atom. The van der Waals surface area contributed by atoms with Crippen molar-refractivity contribution in [1.29, 1.82) is 0 Å². The number of aromatic nitrogens is 1. The van der Waals surface area contributed by atoms with Crippen molar-refractivity contribution in [3.63, 3.8) is 0 Å². The third kappa shape index (κ3) is 3.92. The maximum absolute atomic E-state index is 5.79. The predicted molar refractivity (Wildman–Crippen MR) is 91.3 cm³/mol. The number of nitrogens with zero attached hydrogens (tertiary/aromatic N) is 1. The number of para-hydroxylation sites is 1. The Bertz CT molecular complexity index is 654. The maximum Gasteiger partial charge on any atom is 0.145 e. The molecule has 2 heterocycles. The second-order valence-corrected chi connectivity index (χ2v) is 5.80. The molecule has 0 aliphatic carbocycles. The second kappa shape index (κ2) is 7.62. The van der Waals surface area contributed by atoms with E-state index in [2.05, 4.69) is 22.4 Å². The Labute approximate surface area is 137 Å². The van der Waals surface area contributed by atoms with Crippen LogP contribution in [-0.4, -0.2) is 44.6 Å². The molecule has 0 amide bonds. The molecular formula is C18H24N2O3. The van der Waals surface area contributed by atoms with E-state index in [1.165, 1.54) is 0 Å². The van der Waals surface area contributed by atoms with E-state index in [1.54, 1.807) is 7.11 Å². The number of fused-ring (bicyclic) bond motifs is 1. The van der Waals surface area contributed by atoms with Crippen molar-refractivity contribution >= 4 is 16.6 Å². The molecule has 1 aromatic carbocycles. The lowest BCUT2D eigenvalue weighted by atomic mass is 10.1. The number of aryl methyl sites for hydroxylation is 1. The summed E-state index contributed by atoms with van der Waals surface area (Å²) in [6.07, 6.45) is 2.26. The van der Waals surface area contributed by atoms with Gasteiger partial charge in [0, 0.05) is 36.5 Å². The van der Waals surface area contributed by atoms with Crippen molar-refractivity contribution in [3.8, 4) is 5.75 Å². The van der Waals surface area contributed by atoms with Crippen molar-refractivity contribution < 1.29 is 14.2 Å². The van der Waals surface area contributed by atoms with Gasteiger partial charge in [-0.1, -0.05) is 12.1 Å². The zero-order chi connectivity index (χ0) is 16.1. The number of hydrogen-bond acceptors (Lipinski definition) is 5. The number of rotatable bonds is 7. The van der Waals surface area contributed by atoms with Crippen LogP contribution in [0.15, 0.2) is 24.3 Å². The fourth-order valence-electron chi connectivity index (χ4n) is 2.85. The first-order valence-electron chi connectivity index (χ1n) is 8.15. The van der Waals surface area contributed by atoms with Crippen LogP contribution in [0.25, 0.3) is 10.9 Å². The Morgan fingerprint density at radius 2 is 2.30 bits per heavy atom. The molecule has 0 radical (unpaired) electrons. The summed E-state index contributed by atoms with van der Waals surface area (Å²) in [5, 5.41) is 4.58. The van der Waals surface area contributed by atoms with Crippen molar-refractivity contribution in [1.82, 2.24) is 4.98 Å². The lowest BCUT2D eigenvalue weighted by molar-refractivity contribution is 0.0427. The molecule has 23 heavy (non-hydrogen) atoms. The molecule has 5 nitrogen and oxygen atoms in total. The molecule has 0 bridgehead atoms. The smallest absolute Gasteiger partial charge is 0.145 e. The average Bonchev–Trinajstić information content (AvgIpc) is 3.07. The van der Waals surface area contributed by atoms with Crippen LogP contribution in [0.2, 0.25) is 0 Å². The molecule has 124 valence electrons. The minimum absolute atomic E-state index is 0.281. The number of ether oxygens (including phenoxy) is 3. The van der Waals surface area contributed by atoms with Gasteiger partial charge in [0.1, 0.15) is 11.3 Å². The zero-order valence-electron chi connectivity index (χ0n) is 13.8. The lowest BCUT2D eigenvalue weighted by Crippen LogP contribution is -2.15. The fourth-order valence-corrected chi connectivity index (χ4v) is 2.85. The van der Waals surface area contributed by atoms with Gasteiger partial charge in [-0.25, -0.2) is 4.98 Å². The van der Waals surface area contributed by atoms with Crippen LogP contribution in [0, 0.1) is 6.92 Å². The number of anilines is 1. The summed E-state index contributed by atoms with van der Waals surface area (Å²) in [7, 11) is 1.68. The van der Waals surface area contributed by atoms with Crippen LogP contribution in [-0.2, 0) is 9.47 Å². The average molecular weight is 316 g/mol. The summed E-state index contributed by atoms with van der Waals surface area (Å²) in [6.45, 7) is 5.18. The Hall–Kier alpha value is -1.85. The fraction of sp³-hybridized carbons (Fsp3) is 0.500. The molecule has 1 N–H and O–H groups in total. The van der Waals surface area contributed by atoms with Crippen LogP contribution in [0.4, 0.5) is 5.69 Å². The van der Waals surface area contributed by atoms with Gasteiger partial charge in [0.15, 0.2) is 0 Å². The third-order valence-corrected chi connectivity index (χ3v) is 4.03. The molecule has 1 unspecified atom stereocenters. The van der Waals surface area contributed by atoms with Gasteiger partial charge in [0.25, 0.3) is 0 Å². The zero-order valence-corrected chi connectivity index (χ0v) is 13.8. The van der Waals surface area contributed by atoms with E-state index >= 15 is 0 Å². The Balaban J connectivity index is 1.60. The summed E-state index contributed by atoms with van der Waals surface area (Å²) >= 11 is 0. The topological polar surface area (TPSA) is 52.6 Å². The van der Waals surface area contributed by atoms with E-state index in [-0.39, 0.29) is 6.10 Å². The molecule has 5 heteroatoms. The largest absolute Gasteiger partial charge is 0.494 e. The minimum Gasteiger partial charge on any atom is -0.494 e. The Morgan fingerprint density at radius 1 is 1.39 bits per heavy atom. The van der Waals surface area contributed by atoms with Crippen molar-refractivity contribution in [2.75, 3.05) is 38.8 Å². The third-order valence-electron chi connectivity index (χ3n) is 4.03. The molecular weight excluding hydrogens is 292 g/mol. The predicted octanol–water partition coefficient (Wildman–Crippen LogP) is 3.16. The summed E-state index contributed by atoms with van der Waals surface area (Å²) in [5.41, 5.74) is 2.97. The molecule has 1 atom stereocenters. The van der Waals surface area contributed by atoms with Crippen LogP contribution in [0.3, 0.4) is 0 Å². The van der Waals surface area contributed by atoms with Gasteiger partial charge in [-0.05, 0) is 31.9 Å². The number of nitrogens with one attached hydrogen (secondary N) is 1. The second-order valence-electron chi connectivity index (χ2n) is 5.80. The van der Waals surface area contributed by atoms with E-state index in [1.807, 2.05) is 19.1 Å². The molecule has 1 fully saturated rings. The molecule has 2 aromatic rings. The van der Waals surface area contributed by atoms with E-state index in [4.69, 9.17) is 14.2 Å². The first kappa shape index (κ1) is 16.0. The van der Waals surface area contributed by atoms with Gasteiger partial charge in [-0.15, -0.1) is 0 Å². The highest BCUT2D eigenvalue weighted by molar-refractivity contribution is 5.95. The first-order valence-corrected chi connectivity index (χ1v) is 8.15. The van der Waals surface area contributed by atoms with Crippen molar-refractivity contribution in [2.45, 2.75) is 25.9 Å². The normalized spacial score (nSPS) is 17.6. The molecule has 1 aliphatic heterocycles. The van der Waals surface area contributed by atoms with Gasteiger partial charge in [0.05, 0.1) is 19.8 Å². The van der Waals surface area contributed by atoms with Gasteiger partial charge in [-0.2, -0.15) is 0 Å². The molecule has 1 saturated heterocycles. The lowest BCUT2D eigenvalue weighted by Gasteiger charge is -2.13. The SMILES string of the molecule is COc1cccc2c(NCCCOC3CCOC3)cc(C)nc12. The number of benzene rings is 1. The number of hydrogen-bond donors (Lipinski definition) is 1. The summed E-state index contributed by atoms with van der Waals surface area (Å²) in [5.74, 6) is 0.804. The van der Waals surface area contributed by atoms with E-state index in [0.29, 0.717) is 0 Å². The summed E-state index contributed by atoms with van der Waals surface area (Å²) in [6, 6.07) is 8.08.